The maximum absolute atomic E-state index is 13.6. The highest BCUT2D eigenvalue weighted by Crippen LogP contribution is 2.60. The molecule has 20 nitrogen and oxygen atoms in total. The number of hydrogen-bond acceptors (Lipinski definition) is 20. The Labute approximate surface area is 342 Å². The molecule has 1 aromatic carbocycles. The molecule has 2 aliphatic carbocycles. The monoisotopic (exact) mass is 848 g/mol. The summed E-state index contributed by atoms with van der Waals surface area (Å²) in [5.41, 5.74) is 0.356. The summed E-state index contributed by atoms with van der Waals surface area (Å²) >= 11 is 0. The number of hydrogen-bond donors (Lipinski definition) is 9. The van der Waals surface area contributed by atoms with Gasteiger partial charge in [0, 0.05) is 23.5 Å². The van der Waals surface area contributed by atoms with Crippen LogP contribution >= 0.6 is 0 Å². The number of fused-ring (bicyclic) bond motifs is 4. The molecular formula is C40H48O20. The number of epoxide rings is 1. The molecule has 8 rings (SSSR count). The Bertz CT molecular complexity index is 1850. The molecule has 0 amide bonds. The summed E-state index contributed by atoms with van der Waals surface area (Å²) < 4.78 is 51.6. The number of benzene rings is 1. The molecule has 5 heterocycles. The molecule has 0 spiro atoms. The summed E-state index contributed by atoms with van der Waals surface area (Å²) in [6.45, 7) is -2.04. The lowest BCUT2D eigenvalue weighted by Crippen LogP contribution is -2.61. The predicted molar refractivity (Wildman–Crippen MR) is 194 cm³/mol. The number of carbonyl (C=O) groups excluding carboxylic acids is 2. The fourth-order valence-corrected chi connectivity index (χ4v) is 8.92. The van der Waals surface area contributed by atoms with E-state index in [0.717, 1.165) is 11.8 Å². The third kappa shape index (κ3) is 7.90. The normalized spacial score (nSPS) is 43.0. The minimum Gasteiger partial charge on any atom is -0.472 e. The van der Waals surface area contributed by atoms with Crippen LogP contribution in [0.2, 0.25) is 0 Å². The van der Waals surface area contributed by atoms with Gasteiger partial charge in [-0.05, 0) is 36.1 Å². The SMILES string of the molecule is O=C(/C=C/c1ccccc1)OC[C@]12O[C@H]1[C@@H](O)[C@H]1C=CO[C@@H](O[C@@H]3O[C@H](COC(=O)C4=CO[C@@H](O[C@H]5O[C@H](CO)[C@@H](O)[C@H](O)[C@H]5O)C5=C(CO)CC[C@H]45)[C@@H](O)[C@H](O)[C@H]3O)[C@@H]12. The average Bonchev–Trinajstić information content (AvgIpc) is 3.74. The van der Waals surface area contributed by atoms with E-state index in [1.54, 1.807) is 12.2 Å². The fraction of sp³-hybridized carbons (Fsp3) is 0.600. The molecule has 0 bridgehead atoms. The number of rotatable bonds is 13. The van der Waals surface area contributed by atoms with Crippen LogP contribution in [0.4, 0.5) is 0 Å². The van der Waals surface area contributed by atoms with Crippen molar-refractivity contribution in [1.82, 2.24) is 0 Å². The molecule has 7 aliphatic rings. The van der Waals surface area contributed by atoms with Crippen LogP contribution in [-0.2, 0) is 52.2 Å². The zero-order chi connectivity index (χ0) is 42.5. The first-order valence-corrected chi connectivity index (χ1v) is 19.6. The van der Waals surface area contributed by atoms with E-state index in [1.807, 2.05) is 30.3 Å². The van der Waals surface area contributed by atoms with Crippen LogP contribution in [0.3, 0.4) is 0 Å². The lowest BCUT2D eigenvalue weighted by atomic mass is 9.85. The molecule has 0 radical (unpaired) electrons. The Hall–Kier alpha value is -3.84. The van der Waals surface area contributed by atoms with Gasteiger partial charge in [0.25, 0.3) is 0 Å². The summed E-state index contributed by atoms with van der Waals surface area (Å²) in [5, 5.41) is 94.2. The zero-order valence-corrected chi connectivity index (χ0v) is 31.8. The maximum atomic E-state index is 13.6. The van der Waals surface area contributed by atoms with Crippen LogP contribution in [-0.4, -0.2) is 176 Å². The van der Waals surface area contributed by atoms with Gasteiger partial charge in [0.05, 0.1) is 43.3 Å². The lowest BCUT2D eigenvalue weighted by Gasteiger charge is -2.43. The van der Waals surface area contributed by atoms with Gasteiger partial charge < -0.3 is 88.6 Å². The van der Waals surface area contributed by atoms with Gasteiger partial charge in [0.1, 0.15) is 73.8 Å². The first-order valence-electron chi connectivity index (χ1n) is 19.6. The molecule has 9 N–H and O–H groups in total. The number of ether oxygens (including phenoxy) is 9. The van der Waals surface area contributed by atoms with E-state index in [9.17, 15) is 55.5 Å². The highest BCUT2D eigenvalue weighted by atomic mass is 16.8. The van der Waals surface area contributed by atoms with E-state index in [0.29, 0.717) is 24.0 Å². The van der Waals surface area contributed by atoms with Crippen LogP contribution in [0.1, 0.15) is 18.4 Å². The van der Waals surface area contributed by atoms with Crippen LogP contribution in [0.25, 0.3) is 6.08 Å². The summed E-state index contributed by atoms with van der Waals surface area (Å²) in [6, 6.07) is 9.10. The van der Waals surface area contributed by atoms with Gasteiger partial charge in [-0.2, -0.15) is 0 Å². The number of aliphatic hydroxyl groups excluding tert-OH is 9. The standard InChI is InChI=1S/C40H48O20/c41-12-18-7-8-19-21(14-54-36(25(18)19)58-38-32(49)30(47)28(45)22(13-42)56-38)35(51)53-15-23-29(46)31(48)33(50)39(57-23)59-37-26-20(10-11-52-37)27(44)34-40(26,60-34)16-55-24(43)9-6-17-4-2-1-3-5-17/h1-6,9-11,14,19-20,22-23,26-34,36-39,41-42,44-50H,7-8,12-13,15-16H2/b9-6+/t19-,20+,22-,23-,26-,27+,28-,29-,30+,31+,32-,33-,34+,36+,37+,38-,39+,40-/m1/s1. The Balaban J connectivity index is 0.910. The van der Waals surface area contributed by atoms with Gasteiger partial charge in [-0.25, -0.2) is 9.59 Å². The largest absolute Gasteiger partial charge is 0.472 e. The second kappa shape index (κ2) is 17.5. The molecule has 5 aliphatic heterocycles. The first-order chi connectivity index (χ1) is 28.9. The van der Waals surface area contributed by atoms with Crippen molar-refractivity contribution in [3.63, 3.8) is 0 Å². The van der Waals surface area contributed by atoms with Gasteiger partial charge in [-0.1, -0.05) is 30.3 Å². The molecule has 0 unspecified atom stereocenters. The Morgan fingerprint density at radius 1 is 0.800 bits per heavy atom. The minimum atomic E-state index is -1.85. The molecular weight excluding hydrogens is 800 g/mol. The lowest BCUT2D eigenvalue weighted by molar-refractivity contribution is -0.344. The Kier molecular flexibility index (Phi) is 12.5. The molecule has 4 fully saturated rings. The number of esters is 2. The molecule has 60 heavy (non-hydrogen) atoms. The summed E-state index contributed by atoms with van der Waals surface area (Å²) in [6.07, 6.45) is -13.3. The molecule has 328 valence electrons. The van der Waals surface area contributed by atoms with E-state index in [2.05, 4.69) is 0 Å². The number of carbonyl (C=O) groups is 2. The quantitative estimate of drug-likeness (QED) is 0.0413. The smallest absolute Gasteiger partial charge is 0.337 e. The van der Waals surface area contributed by atoms with Crippen molar-refractivity contribution in [3.05, 3.63) is 77.3 Å². The van der Waals surface area contributed by atoms with Gasteiger partial charge in [-0.15, -0.1) is 0 Å². The van der Waals surface area contributed by atoms with E-state index < -0.39 is 141 Å². The Morgan fingerprint density at radius 3 is 2.22 bits per heavy atom. The molecule has 20 heteroatoms. The predicted octanol–water partition coefficient (Wildman–Crippen LogP) is -3.02. The van der Waals surface area contributed by atoms with Crippen molar-refractivity contribution in [2.75, 3.05) is 26.4 Å². The topological polar surface area (TPSA) is 303 Å². The van der Waals surface area contributed by atoms with Crippen molar-refractivity contribution < 1.29 is 98.2 Å². The number of aliphatic hydroxyl groups is 9. The second-order valence-electron chi connectivity index (χ2n) is 15.7. The van der Waals surface area contributed by atoms with E-state index >= 15 is 0 Å². The first kappa shape index (κ1) is 42.8. The molecule has 18 atom stereocenters. The third-order valence-electron chi connectivity index (χ3n) is 12.2. The van der Waals surface area contributed by atoms with E-state index in [4.69, 9.17) is 42.6 Å². The van der Waals surface area contributed by atoms with Gasteiger partial charge in [-0.3, -0.25) is 0 Å². The van der Waals surface area contributed by atoms with Crippen LogP contribution in [0, 0.1) is 17.8 Å². The van der Waals surface area contributed by atoms with E-state index in [-0.39, 0.29) is 12.2 Å². The molecule has 1 aromatic rings. The van der Waals surface area contributed by atoms with Crippen LogP contribution in [0.15, 0.2) is 71.7 Å². The van der Waals surface area contributed by atoms with Crippen molar-refractivity contribution in [1.29, 1.82) is 0 Å². The van der Waals surface area contributed by atoms with Crippen molar-refractivity contribution in [2.45, 2.75) is 105 Å². The zero-order valence-electron chi connectivity index (χ0n) is 31.8. The highest BCUT2D eigenvalue weighted by Gasteiger charge is 2.76. The van der Waals surface area contributed by atoms with E-state index in [1.165, 1.54) is 12.3 Å². The third-order valence-corrected chi connectivity index (χ3v) is 12.2. The van der Waals surface area contributed by atoms with Crippen LogP contribution < -0.4 is 0 Å². The Morgan fingerprint density at radius 2 is 1.50 bits per heavy atom. The minimum absolute atomic E-state index is 0.00504. The molecule has 3 saturated heterocycles. The average molecular weight is 849 g/mol. The molecule has 1 saturated carbocycles. The fourth-order valence-electron chi connectivity index (χ4n) is 8.92. The maximum Gasteiger partial charge on any atom is 0.337 e. The summed E-state index contributed by atoms with van der Waals surface area (Å²) in [4.78, 5) is 26.2. The van der Waals surface area contributed by atoms with Crippen molar-refractivity contribution in [2.24, 2.45) is 17.8 Å². The second-order valence-corrected chi connectivity index (χ2v) is 15.7. The summed E-state index contributed by atoms with van der Waals surface area (Å²) in [5.74, 6) is -3.66. The van der Waals surface area contributed by atoms with Gasteiger partial charge in [0.15, 0.2) is 12.6 Å². The van der Waals surface area contributed by atoms with Crippen molar-refractivity contribution >= 4 is 18.0 Å². The summed E-state index contributed by atoms with van der Waals surface area (Å²) in [7, 11) is 0. The molecule has 0 aromatic heterocycles. The van der Waals surface area contributed by atoms with Crippen molar-refractivity contribution in [3.8, 4) is 0 Å². The van der Waals surface area contributed by atoms with Crippen LogP contribution in [0.5, 0.6) is 0 Å². The highest BCUT2D eigenvalue weighted by molar-refractivity contribution is 5.90. The van der Waals surface area contributed by atoms with Gasteiger partial charge in [0.2, 0.25) is 12.6 Å². The van der Waals surface area contributed by atoms with Gasteiger partial charge >= 0.3 is 11.9 Å².